The Balaban J connectivity index is 2.84. The molecule has 0 heterocycles. The maximum Gasteiger partial charge on any atom is 0.397 e. The lowest BCUT2D eigenvalue weighted by Gasteiger charge is -2.22. The standard InChI is InChI=1S/C18H17N3O9/c1-3-29-15(22)10-19(17(23)18(24)30-4-2)16-12-8-6-5-7-11(12)13(20(25)26)9-14(16)21(27)28/h5-9H,3-4,10H2,1-2H3. The van der Waals surface area contributed by atoms with Crippen molar-refractivity contribution in [2.45, 2.75) is 13.8 Å². The Morgan fingerprint density at radius 3 is 2.03 bits per heavy atom. The van der Waals surface area contributed by atoms with Gasteiger partial charge in [0, 0.05) is 5.39 Å². The fourth-order valence-corrected chi connectivity index (χ4v) is 2.79. The van der Waals surface area contributed by atoms with E-state index in [9.17, 15) is 34.6 Å². The molecule has 0 aliphatic carbocycles. The number of amides is 1. The Kier molecular flexibility index (Phi) is 6.96. The SMILES string of the molecule is CCOC(=O)CN(C(=O)C(=O)OCC)c1c([N+](=O)[O-])cc([N+](=O)[O-])c2ccccc12. The molecule has 0 spiro atoms. The fraction of sp³-hybridized carbons (Fsp3) is 0.278. The monoisotopic (exact) mass is 419 g/mol. The predicted octanol–water partition coefficient (Wildman–Crippen LogP) is 2.12. The van der Waals surface area contributed by atoms with E-state index in [0.717, 1.165) is 0 Å². The summed E-state index contributed by atoms with van der Waals surface area (Å²) in [5.41, 5.74) is -1.85. The lowest BCUT2D eigenvalue weighted by atomic mass is 10.0. The van der Waals surface area contributed by atoms with Gasteiger partial charge in [-0.3, -0.25) is 34.7 Å². The van der Waals surface area contributed by atoms with Gasteiger partial charge in [-0.1, -0.05) is 18.2 Å². The highest BCUT2D eigenvalue weighted by atomic mass is 16.6. The molecule has 2 rings (SSSR count). The first-order valence-electron chi connectivity index (χ1n) is 8.71. The molecule has 158 valence electrons. The number of nitrogens with zero attached hydrogens (tertiary/aromatic N) is 3. The van der Waals surface area contributed by atoms with E-state index in [-0.39, 0.29) is 24.0 Å². The molecular formula is C18H17N3O9. The number of ether oxygens (including phenoxy) is 2. The molecule has 2 aromatic rings. The number of anilines is 1. The topological polar surface area (TPSA) is 159 Å². The molecule has 0 N–H and O–H groups in total. The highest BCUT2D eigenvalue weighted by Gasteiger charge is 2.36. The molecule has 0 aliphatic heterocycles. The molecule has 0 saturated carbocycles. The van der Waals surface area contributed by atoms with Crippen LogP contribution in [0.25, 0.3) is 10.8 Å². The number of fused-ring (bicyclic) bond motifs is 1. The van der Waals surface area contributed by atoms with E-state index < -0.39 is 51.3 Å². The Morgan fingerprint density at radius 1 is 0.933 bits per heavy atom. The van der Waals surface area contributed by atoms with Crippen LogP contribution in [-0.4, -0.2) is 47.5 Å². The lowest BCUT2D eigenvalue weighted by Crippen LogP contribution is -2.42. The van der Waals surface area contributed by atoms with Gasteiger partial charge in [0.05, 0.1) is 34.5 Å². The van der Waals surface area contributed by atoms with Gasteiger partial charge in [0.25, 0.3) is 5.69 Å². The highest BCUT2D eigenvalue weighted by molar-refractivity contribution is 6.39. The second-order valence-corrected chi connectivity index (χ2v) is 5.74. The molecule has 0 unspecified atom stereocenters. The first-order chi connectivity index (χ1) is 14.2. The van der Waals surface area contributed by atoms with Crippen molar-refractivity contribution in [3.63, 3.8) is 0 Å². The average Bonchev–Trinajstić information content (AvgIpc) is 2.70. The van der Waals surface area contributed by atoms with E-state index >= 15 is 0 Å². The van der Waals surface area contributed by atoms with Gasteiger partial charge in [-0.2, -0.15) is 0 Å². The quantitative estimate of drug-likeness (QED) is 0.283. The van der Waals surface area contributed by atoms with Gasteiger partial charge >= 0.3 is 23.5 Å². The molecule has 12 heteroatoms. The molecule has 0 fully saturated rings. The number of benzene rings is 2. The van der Waals surface area contributed by atoms with Crippen LogP contribution in [0.3, 0.4) is 0 Å². The van der Waals surface area contributed by atoms with Gasteiger partial charge in [0.1, 0.15) is 12.2 Å². The zero-order chi connectivity index (χ0) is 22.4. The summed E-state index contributed by atoms with van der Waals surface area (Å²) in [5.74, 6) is -3.64. The molecule has 1 amide bonds. The molecular weight excluding hydrogens is 402 g/mol. The summed E-state index contributed by atoms with van der Waals surface area (Å²) in [4.78, 5) is 58.7. The van der Waals surface area contributed by atoms with Gasteiger partial charge in [-0.05, 0) is 19.9 Å². The second kappa shape index (κ2) is 9.41. The van der Waals surface area contributed by atoms with Crippen LogP contribution in [0.15, 0.2) is 30.3 Å². The van der Waals surface area contributed by atoms with Gasteiger partial charge in [0.2, 0.25) is 0 Å². The van der Waals surface area contributed by atoms with Gasteiger partial charge < -0.3 is 9.47 Å². The van der Waals surface area contributed by atoms with Crippen molar-refractivity contribution in [1.82, 2.24) is 0 Å². The average molecular weight is 419 g/mol. The van der Waals surface area contributed by atoms with E-state index in [0.29, 0.717) is 11.0 Å². The highest BCUT2D eigenvalue weighted by Crippen LogP contribution is 2.41. The first-order valence-corrected chi connectivity index (χ1v) is 8.71. The van der Waals surface area contributed by atoms with Crippen LogP contribution in [0.1, 0.15) is 13.8 Å². The van der Waals surface area contributed by atoms with Crippen LogP contribution in [-0.2, 0) is 23.9 Å². The smallest absolute Gasteiger partial charge is 0.397 e. The second-order valence-electron chi connectivity index (χ2n) is 5.74. The largest absolute Gasteiger partial charge is 0.465 e. The van der Waals surface area contributed by atoms with Gasteiger partial charge in [-0.15, -0.1) is 0 Å². The molecule has 12 nitrogen and oxygen atoms in total. The zero-order valence-electron chi connectivity index (χ0n) is 16.0. The number of carbonyl (C=O) groups is 3. The third-order valence-electron chi connectivity index (χ3n) is 3.93. The van der Waals surface area contributed by atoms with Crippen LogP contribution >= 0.6 is 0 Å². The van der Waals surface area contributed by atoms with Gasteiger partial charge in [0.15, 0.2) is 0 Å². The number of hydrogen-bond acceptors (Lipinski definition) is 9. The fourth-order valence-electron chi connectivity index (χ4n) is 2.79. The third-order valence-corrected chi connectivity index (χ3v) is 3.93. The summed E-state index contributed by atoms with van der Waals surface area (Å²) < 4.78 is 9.46. The normalized spacial score (nSPS) is 10.3. The molecule has 0 aromatic heterocycles. The summed E-state index contributed by atoms with van der Waals surface area (Å²) in [7, 11) is 0. The summed E-state index contributed by atoms with van der Waals surface area (Å²) >= 11 is 0. The number of hydrogen-bond donors (Lipinski definition) is 0. The van der Waals surface area contributed by atoms with E-state index in [4.69, 9.17) is 4.74 Å². The number of nitro groups is 2. The van der Waals surface area contributed by atoms with Crippen molar-refractivity contribution in [3.8, 4) is 0 Å². The minimum Gasteiger partial charge on any atom is -0.465 e. The van der Waals surface area contributed by atoms with Crippen LogP contribution < -0.4 is 4.90 Å². The Labute approximate surface area is 169 Å². The lowest BCUT2D eigenvalue weighted by molar-refractivity contribution is -0.392. The van der Waals surface area contributed by atoms with Crippen molar-refractivity contribution in [3.05, 3.63) is 50.6 Å². The maximum atomic E-state index is 12.7. The van der Waals surface area contributed by atoms with E-state index in [1.165, 1.54) is 38.1 Å². The predicted molar refractivity (Wildman–Crippen MR) is 103 cm³/mol. The Hall–Kier alpha value is -4.09. The molecule has 0 aliphatic rings. The number of non-ortho nitro benzene ring substituents is 1. The van der Waals surface area contributed by atoms with E-state index in [2.05, 4.69) is 4.74 Å². The maximum absolute atomic E-state index is 12.7. The van der Waals surface area contributed by atoms with Crippen molar-refractivity contribution < 1.29 is 33.7 Å². The minimum atomic E-state index is -1.35. The summed E-state index contributed by atoms with van der Waals surface area (Å²) in [6.07, 6.45) is 0. The van der Waals surface area contributed by atoms with Crippen LogP contribution in [0, 0.1) is 20.2 Å². The zero-order valence-corrected chi connectivity index (χ0v) is 16.0. The van der Waals surface area contributed by atoms with Crippen molar-refractivity contribution >= 4 is 45.7 Å². The summed E-state index contributed by atoms with van der Waals surface area (Å²) in [6, 6.07) is 6.22. The number of esters is 2. The molecule has 0 atom stereocenters. The Bertz CT molecular complexity index is 1030. The number of rotatable bonds is 7. The molecule has 30 heavy (non-hydrogen) atoms. The van der Waals surface area contributed by atoms with Crippen molar-refractivity contribution in [2.75, 3.05) is 24.7 Å². The van der Waals surface area contributed by atoms with Crippen molar-refractivity contribution in [1.29, 1.82) is 0 Å². The van der Waals surface area contributed by atoms with Crippen LogP contribution in [0.4, 0.5) is 17.1 Å². The van der Waals surface area contributed by atoms with E-state index in [1.54, 1.807) is 0 Å². The summed E-state index contributed by atoms with van der Waals surface area (Å²) in [6.45, 7) is 1.93. The summed E-state index contributed by atoms with van der Waals surface area (Å²) in [5, 5.41) is 23.0. The van der Waals surface area contributed by atoms with Crippen LogP contribution in [0.2, 0.25) is 0 Å². The molecule has 0 saturated heterocycles. The molecule has 0 bridgehead atoms. The minimum absolute atomic E-state index is 0.0198. The van der Waals surface area contributed by atoms with E-state index in [1.807, 2.05) is 0 Å². The van der Waals surface area contributed by atoms with Gasteiger partial charge in [-0.25, -0.2) is 4.79 Å². The number of carbonyl (C=O) groups excluding carboxylic acids is 3. The first kappa shape index (κ1) is 22.2. The molecule has 0 radical (unpaired) electrons. The third kappa shape index (κ3) is 4.48. The van der Waals surface area contributed by atoms with Crippen molar-refractivity contribution in [2.24, 2.45) is 0 Å². The number of nitro benzene ring substituents is 2. The van der Waals surface area contributed by atoms with Crippen LogP contribution in [0.5, 0.6) is 0 Å². The Morgan fingerprint density at radius 2 is 1.50 bits per heavy atom. The molecule has 2 aromatic carbocycles.